The Labute approximate surface area is 166 Å². The average Bonchev–Trinajstić information content (AvgIpc) is 3.29. The van der Waals surface area contributed by atoms with Crippen LogP contribution >= 0.6 is 11.3 Å². The quantitative estimate of drug-likeness (QED) is 0.772. The third-order valence-corrected chi connectivity index (χ3v) is 5.34. The van der Waals surface area contributed by atoms with E-state index in [4.69, 9.17) is 4.74 Å². The van der Waals surface area contributed by atoms with E-state index in [9.17, 15) is 14.0 Å². The molecule has 1 aliphatic heterocycles. The summed E-state index contributed by atoms with van der Waals surface area (Å²) in [5.74, 6) is -0.417. The Morgan fingerprint density at radius 2 is 2.25 bits per heavy atom. The van der Waals surface area contributed by atoms with Crippen molar-refractivity contribution in [3.63, 3.8) is 0 Å². The van der Waals surface area contributed by atoms with E-state index in [0.29, 0.717) is 36.0 Å². The van der Waals surface area contributed by atoms with Crippen molar-refractivity contribution < 1.29 is 18.7 Å². The number of aromatic nitrogens is 1. The molecule has 1 unspecified atom stereocenters. The number of carbonyl (C=O) groups excluding carboxylic acids is 2. The van der Waals surface area contributed by atoms with E-state index >= 15 is 0 Å². The number of carbonyl (C=O) groups is 2. The molecule has 1 saturated heterocycles. The molecule has 0 spiro atoms. The van der Waals surface area contributed by atoms with Crippen LogP contribution in [-0.2, 0) is 22.6 Å². The zero-order valence-electron chi connectivity index (χ0n) is 15.8. The van der Waals surface area contributed by atoms with Crippen LogP contribution in [0, 0.1) is 5.82 Å². The highest BCUT2D eigenvalue weighted by Gasteiger charge is 2.39. The first kappa shape index (κ1) is 20.2. The SMILES string of the molecule is CN(Cc1csc(NC(=O)NCc2cccc(F)c2)n1)C(=O)C1(C)CCCO1. The topological polar surface area (TPSA) is 83.6 Å². The number of hydrogen-bond acceptors (Lipinski definition) is 5. The molecule has 1 fully saturated rings. The molecule has 0 aliphatic carbocycles. The van der Waals surface area contributed by atoms with Gasteiger partial charge in [-0.05, 0) is 37.5 Å². The summed E-state index contributed by atoms with van der Waals surface area (Å²) in [4.78, 5) is 30.5. The predicted octanol–water partition coefficient (Wildman–Crippen LogP) is 3.13. The van der Waals surface area contributed by atoms with Gasteiger partial charge in [0.1, 0.15) is 11.4 Å². The van der Waals surface area contributed by atoms with Crippen molar-refractivity contribution in [3.05, 3.63) is 46.7 Å². The fourth-order valence-electron chi connectivity index (χ4n) is 3.07. The normalized spacial score (nSPS) is 18.7. The standard InChI is InChI=1S/C19H23FN4O3S/c1-19(7-4-8-27-19)16(25)24(2)11-15-12-28-18(22-15)23-17(26)21-10-13-5-3-6-14(20)9-13/h3,5-6,9,12H,4,7-8,10-11H2,1-2H3,(H2,21,22,23,26). The lowest BCUT2D eigenvalue weighted by Crippen LogP contribution is -2.44. The van der Waals surface area contributed by atoms with E-state index in [2.05, 4.69) is 15.6 Å². The molecule has 28 heavy (non-hydrogen) atoms. The first-order valence-electron chi connectivity index (χ1n) is 8.99. The molecule has 1 aromatic heterocycles. The second kappa shape index (κ2) is 8.66. The highest BCUT2D eigenvalue weighted by molar-refractivity contribution is 7.13. The maximum absolute atomic E-state index is 13.2. The summed E-state index contributed by atoms with van der Waals surface area (Å²) in [7, 11) is 1.72. The molecule has 0 bridgehead atoms. The van der Waals surface area contributed by atoms with Crippen LogP contribution in [-0.4, -0.2) is 41.1 Å². The van der Waals surface area contributed by atoms with Gasteiger partial charge in [0.2, 0.25) is 0 Å². The fourth-order valence-corrected chi connectivity index (χ4v) is 3.77. The number of halogens is 1. The van der Waals surface area contributed by atoms with Crippen molar-refractivity contribution in [3.8, 4) is 0 Å². The van der Waals surface area contributed by atoms with Crippen molar-refractivity contribution >= 4 is 28.4 Å². The van der Waals surface area contributed by atoms with Gasteiger partial charge in [-0.3, -0.25) is 10.1 Å². The number of thiazole rings is 1. The Kier molecular flexibility index (Phi) is 6.25. The Morgan fingerprint density at radius 3 is 2.96 bits per heavy atom. The highest BCUT2D eigenvalue weighted by atomic mass is 32.1. The lowest BCUT2D eigenvalue weighted by molar-refractivity contribution is -0.150. The van der Waals surface area contributed by atoms with Crippen LogP contribution in [0.1, 0.15) is 31.0 Å². The first-order chi connectivity index (χ1) is 13.4. The first-order valence-corrected chi connectivity index (χ1v) is 9.87. The van der Waals surface area contributed by atoms with Gasteiger partial charge in [-0.15, -0.1) is 11.3 Å². The highest BCUT2D eigenvalue weighted by Crippen LogP contribution is 2.27. The lowest BCUT2D eigenvalue weighted by atomic mass is 10.0. The van der Waals surface area contributed by atoms with Gasteiger partial charge in [-0.2, -0.15) is 0 Å². The molecule has 2 aromatic rings. The maximum Gasteiger partial charge on any atom is 0.321 e. The smallest absolute Gasteiger partial charge is 0.321 e. The van der Waals surface area contributed by atoms with Crippen LogP contribution in [0.3, 0.4) is 0 Å². The van der Waals surface area contributed by atoms with E-state index in [1.54, 1.807) is 29.5 Å². The van der Waals surface area contributed by atoms with Gasteiger partial charge < -0.3 is 15.0 Å². The average molecular weight is 406 g/mol. The van der Waals surface area contributed by atoms with Gasteiger partial charge in [-0.25, -0.2) is 14.2 Å². The number of likely N-dealkylation sites (N-methyl/N-ethyl adjacent to an activating group) is 1. The Morgan fingerprint density at radius 1 is 1.43 bits per heavy atom. The largest absolute Gasteiger partial charge is 0.365 e. The maximum atomic E-state index is 13.2. The summed E-state index contributed by atoms with van der Waals surface area (Å²) in [5, 5.41) is 7.52. The molecular weight excluding hydrogens is 383 g/mol. The van der Waals surface area contributed by atoms with Gasteiger partial charge in [0.15, 0.2) is 5.13 Å². The number of urea groups is 1. The zero-order valence-corrected chi connectivity index (χ0v) is 16.6. The minimum atomic E-state index is -0.761. The van der Waals surface area contributed by atoms with E-state index in [-0.39, 0.29) is 18.3 Å². The van der Waals surface area contributed by atoms with Gasteiger partial charge in [0.05, 0.1) is 12.2 Å². The van der Waals surface area contributed by atoms with E-state index < -0.39 is 11.6 Å². The van der Waals surface area contributed by atoms with E-state index in [0.717, 1.165) is 6.42 Å². The molecule has 7 nitrogen and oxygen atoms in total. The van der Waals surface area contributed by atoms with Gasteiger partial charge in [0, 0.05) is 25.6 Å². The molecule has 150 valence electrons. The van der Waals surface area contributed by atoms with Gasteiger partial charge >= 0.3 is 6.03 Å². The number of anilines is 1. The van der Waals surface area contributed by atoms with Gasteiger partial charge in [-0.1, -0.05) is 12.1 Å². The molecule has 1 atom stereocenters. The van der Waals surface area contributed by atoms with Crippen LogP contribution in [0.5, 0.6) is 0 Å². The van der Waals surface area contributed by atoms with Crippen molar-refractivity contribution in [2.24, 2.45) is 0 Å². The van der Waals surface area contributed by atoms with Crippen LogP contribution in [0.25, 0.3) is 0 Å². The molecule has 2 N–H and O–H groups in total. The number of nitrogens with zero attached hydrogens (tertiary/aromatic N) is 2. The summed E-state index contributed by atoms with van der Waals surface area (Å²) >= 11 is 1.27. The van der Waals surface area contributed by atoms with Crippen LogP contribution < -0.4 is 10.6 Å². The number of ether oxygens (including phenoxy) is 1. The summed E-state index contributed by atoms with van der Waals surface area (Å²) in [6.45, 7) is 2.96. The molecule has 1 aromatic carbocycles. The number of amides is 3. The number of nitrogens with one attached hydrogen (secondary N) is 2. The molecule has 0 saturated carbocycles. The second-order valence-electron chi connectivity index (χ2n) is 6.93. The Bertz CT molecular complexity index is 851. The monoisotopic (exact) mass is 406 g/mol. The number of rotatable bonds is 6. The van der Waals surface area contributed by atoms with Crippen molar-refractivity contribution in [2.75, 3.05) is 19.0 Å². The molecule has 1 aliphatic rings. The molecule has 2 heterocycles. The van der Waals surface area contributed by atoms with Crippen molar-refractivity contribution in [2.45, 2.75) is 38.5 Å². The Hall–Kier alpha value is -2.52. The summed E-state index contributed by atoms with van der Waals surface area (Å²) in [6, 6.07) is 5.60. The van der Waals surface area contributed by atoms with Crippen molar-refractivity contribution in [1.29, 1.82) is 0 Å². The summed E-state index contributed by atoms with van der Waals surface area (Å²) in [5.41, 5.74) is 0.587. The second-order valence-corrected chi connectivity index (χ2v) is 7.78. The molecule has 0 radical (unpaired) electrons. The van der Waals surface area contributed by atoms with Crippen LogP contribution in [0.2, 0.25) is 0 Å². The Balaban J connectivity index is 1.49. The van der Waals surface area contributed by atoms with Crippen molar-refractivity contribution in [1.82, 2.24) is 15.2 Å². The molecular formula is C19H23FN4O3S. The minimum absolute atomic E-state index is 0.0691. The zero-order chi connectivity index (χ0) is 20.1. The summed E-state index contributed by atoms with van der Waals surface area (Å²) in [6.07, 6.45) is 1.59. The fraction of sp³-hybridized carbons (Fsp3) is 0.421. The van der Waals surface area contributed by atoms with Crippen LogP contribution in [0.15, 0.2) is 29.6 Å². The molecule has 9 heteroatoms. The molecule has 3 rings (SSSR count). The van der Waals surface area contributed by atoms with Gasteiger partial charge in [0.25, 0.3) is 5.91 Å². The predicted molar refractivity (Wildman–Crippen MR) is 104 cm³/mol. The lowest BCUT2D eigenvalue weighted by Gasteiger charge is -2.27. The van der Waals surface area contributed by atoms with Crippen LogP contribution in [0.4, 0.5) is 14.3 Å². The number of hydrogen-bond donors (Lipinski definition) is 2. The molecule has 3 amide bonds. The third-order valence-electron chi connectivity index (χ3n) is 4.53. The minimum Gasteiger partial charge on any atom is -0.365 e. The van der Waals surface area contributed by atoms with E-state index in [1.165, 1.54) is 23.5 Å². The third kappa shape index (κ3) is 5.05. The van der Waals surface area contributed by atoms with E-state index in [1.807, 2.05) is 6.92 Å². The number of benzene rings is 1. The summed E-state index contributed by atoms with van der Waals surface area (Å²) < 4.78 is 18.7.